The van der Waals surface area contributed by atoms with Crippen LogP contribution in [0, 0.1) is 5.92 Å². The third-order valence-corrected chi connectivity index (χ3v) is 4.77. The first-order valence-corrected chi connectivity index (χ1v) is 8.48. The van der Waals surface area contributed by atoms with E-state index in [2.05, 4.69) is 10.3 Å². The van der Waals surface area contributed by atoms with Gasteiger partial charge in [-0.2, -0.15) is 0 Å². The highest BCUT2D eigenvalue weighted by molar-refractivity contribution is 5.97. The lowest BCUT2D eigenvalue weighted by Gasteiger charge is -2.07. The molecule has 1 fully saturated rings. The molecular weight excluding hydrogens is 328 g/mol. The largest absolute Gasteiger partial charge is 0.465 e. The fraction of sp³-hybridized carbons (Fsp3) is 0.190. The maximum atomic E-state index is 12.6. The zero-order valence-electron chi connectivity index (χ0n) is 14.3. The monoisotopic (exact) mass is 346 g/mol. The van der Waals surface area contributed by atoms with E-state index in [-0.39, 0.29) is 23.7 Å². The third kappa shape index (κ3) is 3.16. The van der Waals surface area contributed by atoms with Crippen LogP contribution in [-0.2, 0) is 9.53 Å². The number of nitrogens with one attached hydrogen (secondary N) is 1. The number of rotatable bonds is 4. The molecule has 1 aliphatic rings. The predicted octanol–water partition coefficient (Wildman–Crippen LogP) is 3.76. The topological polar surface area (TPSA) is 68.3 Å². The molecule has 0 spiro atoms. The van der Waals surface area contributed by atoms with Crippen LogP contribution < -0.4 is 5.32 Å². The van der Waals surface area contributed by atoms with Crippen LogP contribution in [0.1, 0.15) is 28.3 Å². The zero-order chi connectivity index (χ0) is 18.1. The molecule has 2 atom stereocenters. The van der Waals surface area contributed by atoms with E-state index in [1.54, 1.807) is 18.5 Å². The van der Waals surface area contributed by atoms with Gasteiger partial charge in [0.25, 0.3) is 0 Å². The molecule has 1 aromatic heterocycles. The van der Waals surface area contributed by atoms with Gasteiger partial charge in [0.05, 0.1) is 12.7 Å². The summed E-state index contributed by atoms with van der Waals surface area (Å²) >= 11 is 0. The summed E-state index contributed by atoms with van der Waals surface area (Å²) in [5, 5.41) is 5.07. The molecular formula is C21H18N2O3. The lowest BCUT2D eigenvalue weighted by atomic mass is 10.1. The number of hydrogen-bond donors (Lipinski definition) is 1. The normalized spacial score (nSPS) is 18.3. The van der Waals surface area contributed by atoms with Gasteiger partial charge in [-0.05, 0) is 53.6 Å². The van der Waals surface area contributed by atoms with Crippen molar-refractivity contribution in [1.29, 1.82) is 0 Å². The molecule has 0 bridgehead atoms. The number of esters is 1. The number of methoxy groups -OCH3 is 1. The Balaban J connectivity index is 1.46. The van der Waals surface area contributed by atoms with Crippen molar-refractivity contribution in [2.24, 2.45) is 5.92 Å². The van der Waals surface area contributed by atoms with Gasteiger partial charge in [-0.3, -0.25) is 9.78 Å². The van der Waals surface area contributed by atoms with Gasteiger partial charge in [-0.15, -0.1) is 0 Å². The summed E-state index contributed by atoms with van der Waals surface area (Å²) in [6.45, 7) is 0. The van der Waals surface area contributed by atoms with Crippen LogP contribution in [0.5, 0.6) is 0 Å². The second-order valence-electron chi connectivity index (χ2n) is 6.49. The van der Waals surface area contributed by atoms with Crippen molar-refractivity contribution in [3.63, 3.8) is 0 Å². The van der Waals surface area contributed by atoms with Gasteiger partial charge in [-0.1, -0.05) is 18.2 Å². The van der Waals surface area contributed by atoms with Gasteiger partial charge in [0.15, 0.2) is 0 Å². The molecule has 5 nitrogen and oxygen atoms in total. The standard InChI is InChI=1S/C21H18N2O3/c1-26-21(25)15-4-2-3-14(9-15)18-11-19(18)20(24)23-17-6-5-16-12-22-8-7-13(16)10-17/h2-10,12,18-19H,11H2,1H3,(H,23,24)/t18-,19+/m0/s1. The van der Waals surface area contributed by atoms with Crippen LogP contribution in [-0.4, -0.2) is 24.0 Å². The second kappa shape index (κ2) is 6.59. The van der Waals surface area contributed by atoms with Crippen molar-refractivity contribution < 1.29 is 14.3 Å². The van der Waals surface area contributed by atoms with Crippen LogP contribution in [0.2, 0.25) is 0 Å². The highest BCUT2D eigenvalue weighted by Crippen LogP contribution is 2.48. The van der Waals surface area contributed by atoms with Crippen LogP contribution in [0.15, 0.2) is 60.9 Å². The summed E-state index contributed by atoms with van der Waals surface area (Å²) < 4.78 is 4.76. The predicted molar refractivity (Wildman–Crippen MR) is 99.0 cm³/mol. The number of carbonyl (C=O) groups excluding carboxylic acids is 2. The molecule has 2 aromatic carbocycles. The Morgan fingerprint density at radius 1 is 1.12 bits per heavy atom. The van der Waals surface area contributed by atoms with E-state index in [4.69, 9.17) is 4.74 Å². The summed E-state index contributed by atoms with van der Waals surface area (Å²) in [5.41, 5.74) is 2.29. The molecule has 26 heavy (non-hydrogen) atoms. The highest BCUT2D eigenvalue weighted by atomic mass is 16.5. The first kappa shape index (κ1) is 16.3. The molecule has 1 saturated carbocycles. The summed E-state index contributed by atoms with van der Waals surface area (Å²) in [5.74, 6) is -0.286. The molecule has 0 radical (unpaired) electrons. The van der Waals surface area contributed by atoms with Crippen LogP contribution in [0.3, 0.4) is 0 Å². The van der Waals surface area contributed by atoms with Crippen LogP contribution >= 0.6 is 0 Å². The van der Waals surface area contributed by atoms with Gasteiger partial charge < -0.3 is 10.1 Å². The molecule has 0 saturated heterocycles. The number of benzene rings is 2. The summed E-state index contributed by atoms with van der Waals surface area (Å²) in [6.07, 6.45) is 4.32. The number of hydrogen-bond acceptors (Lipinski definition) is 4. The van der Waals surface area contributed by atoms with Gasteiger partial charge in [0.2, 0.25) is 5.91 Å². The maximum absolute atomic E-state index is 12.6. The van der Waals surface area contributed by atoms with Crippen molar-refractivity contribution in [2.75, 3.05) is 12.4 Å². The molecule has 4 rings (SSSR count). The Morgan fingerprint density at radius 3 is 2.85 bits per heavy atom. The minimum atomic E-state index is -0.362. The molecule has 3 aromatic rings. The molecule has 5 heteroatoms. The summed E-state index contributed by atoms with van der Waals surface area (Å²) in [7, 11) is 1.36. The summed E-state index contributed by atoms with van der Waals surface area (Å²) in [4.78, 5) is 28.3. The average Bonchev–Trinajstić information content (AvgIpc) is 3.48. The molecule has 0 unspecified atom stereocenters. The number of fused-ring (bicyclic) bond motifs is 1. The minimum absolute atomic E-state index is 0.00637. The maximum Gasteiger partial charge on any atom is 0.337 e. The average molecular weight is 346 g/mol. The van der Waals surface area contributed by atoms with E-state index in [0.29, 0.717) is 5.56 Å². The number of carbonyl (C=O) groups is 2. The van der Waals surface area contributed by atoms with Crippen molar-refractivity contribution in [3.05, 3.63) is 72.1 Å². The molecule has 0 aliphatic heterocycles. The van der Waals surface area contributed by atoms with Gasteiger partial charge >= 0.3 is 5.97 Å². The highest BCUT2D eigenvalue weighted by Gasteiger charge is 2.44. The van der Waals surface area contributed by atoms with E-state index in [1.807, 2.05) is 42.5 Å². The Hall–Kier alpha value is -3.21. The SMILES string of the molecule is COC(=O)c1cccc([C@@H]2C[C@H]2C(=O)Nc2ccc3cnccc3c2)c1. The fourth-order valence-electron chi connectivity index (χ4n) is 3.26. The first-order chi connectivity index (χ1) is 12.7. The van der Waals surface area contributed by atoms with E-state index in [9.17, 15) is 9.59 Å². The first-order valence-electron chi connectivity index (χ1n) is 8.48. The number of pyridine rings is 1. The van der Waals surface area contributed by atoms with E-state index in [0.717, 1.165) is 28.4 Å². The minimum Gasteiger partial charge on any atom is -0.465 e. The number of nitrogens with zero attached hydrogens (tertiary/aromatic N) is 1. The Kier molecular flexibility index (Phi) is 4.13. The number of amides is 1. The van der Waals surface area contributed by atoms with E-state index >= 15 is 0 Å². The van der Waals surface area contributed by atoms with Crippen molar-refractivity contribution in [2.45, 2.75) is 12.3 Å². The van der Waals surface area contributed by atoms with Gasteiger partial charge in [0, 0.05) is 29.4 Å². The quantitative estimate of drug-likeness (QED) is 0.730. The molecule has 130 valence electrons. The Labute approximate surface area is 151 Å². The lowest BCUT2D eigenvalue weighted by molar-refractivity contribution is -0.117. The van der Waals surface area contributed by atoms with Crippen molar-refractivity contribution in [1.82, 2.24) is 4.98 Å². The Bertz CT molecular complexity index is 999. The summed E-state index contributed by atoms with van der Waals surface area (Å²) in [6, 6.07) is 15.0. The number of aromatic nitrogens is 1. The van der Waals surface area contributed by atoms with Crippen molar-refractivity contribution in [3.8, 4) is 0 Å². The second-order valence-corrected chi connectivity index (χ2v) is 6.49. The zero-order valence-corrected chi connectivity index (χ0v) is 14.3. The lowest BCUT2D eigenvalue weighted by Crippen LogP contribution is -2.14. The Morgan fingerprint density at radius 2 is 2.00 bits per heavy atom. The van der Waals surface area contributed by atoms with E-state index < -0.39 is 0 Å². The van der Waals surface area contributed by atoms with Crippen LogP contribution in [0.25, 0.3) is 10.8 Å². The third-order valence-electron chi connectivity index (χ3n) is 4.77. The van der Waals surface area contributed by atoms with Crippen LogP contribution in [0.4, 0.5) is 5.69 Å². The van der Waals surface area contributed by atoms with Gasteiger partial charge in [0.1, 0.15) is 0 Å². The molecule has 1 amide bonds. The number of anilines is 1. The smallest absolute Gasteiger partial charge is 0.337 e. The number of ether oxygens (including phenoxy) is 1. The molecule has 1 N–H and O–H groups in total. The molecule has 1 aliphatic carbocycles. The van der Waals surface area contributed by atoms with E-state index in [1.165, 1.54) is 7.11 Å². The van der Waals surface area contributed by atoms with Crippen molar-refractivity contribution >= 4 is 28.3 Å². The molecule has 1 heterocycles. The van der Waals surface area contributed by atoms with Gasteiger partial charge in [-0.25, -0.2) is 4.79 Å². The fourth-order valence-corrected chi connectivity index (χ4v) is 3.26.